The van der Waals surface area contributed by atoms with Gasteiger partial charge in [0.25, 0.3) is 0 Å². The number of piperazine rings is 1. The highest BCUT2D eigenvalue weighted by molar-refractivity contribution is 4.91. The zero-order chi connectivity index (χ0) is 14.5. The molecule has 114 valence electrons. The van der Waals surface area contributed by atoms with Gasteiger partial charge in [0.2, 0.25) is 0 Å². The number of aryl methyl sites for hydroxylation is 1. The average molecular weight is 278 g/mol. The van der Waals surface area contributed by atoms with Crippen molar-refractivity contribution in [2.75, 3.05) is 19.6 Å². The summed E-state index contributed by atoms with van der Waals surface area (Å²) >= 11 is 0. The summed E-state index contributed by atoms with van der Waals surface area (Å²) in [5, 5.41) is 3.73. The van der Waals surface area contributed by atoms with Gasteiger partial charge in [-0.15, -0.1) is 0 Å². The van der Waals surface area contributed by atoms with E-state index in [9.17, 15) is 0 Å². The molecule has 2 unspecified atom stereocenters. The molecule has 4 heteroatoms. The van der Waals surface area contributed by atoms with Gasteiger partial charge in [-0.2, -0.15) is 0 Å². The Labute approximate surface area is 123 Å². The van der Waals surface area contributed by atoms with Crippen LogP contribution in [0.15, 0.2) is 12.4 Å². The third kappa shape index (κ3) is 3.83. The SMILES string of the molecule is CCCC1CN(CCn2ccnc2C)C(C(C)C)CN1. The van der Waals surface area contributed by atoms with Gasteiger partial charge in [-0.25, -0.2) is 4.98 Å². The predicted octanol–water partition coefficient (Wildman–Crippen LogP) is 2.29. The molecule has 4 nitrogen and oxygen atoms in total. The highest BCUT2D eigenvalue weighted by atomic mass is 15.2. The molecular weight excluding hydrogens is 248 g/mol. The maximum atomic E-state index is 4.31. The third-order valence-electron chi connectivity index (χ3n) is 4.50. The first-order chi connectivity index (χ1) is 9.61. The lowest BCUT2D eigenvalue weighted by molar-refractivity contribution is 0.0918. The van der Waals surface area contributed by atoms with Crippen LogP contribution in [0.1, 0.15) is 39.4 Å². The molecule has 0 bridgehead atoms. The monoisotopic (exact) mass is 278 g/mol. The van der Waals surface area contributed by atoms with Crippen LogP contribution in [0.25, 0.3) is 0 Å². The molecule has 1 aromatic heterocycles. The lowest BCUT2D eigenvalue weighted by atomic mass is 9.97. The molecule has 0 amide bonds. The van der Waals surface area contributed by atoms with Crippen LogP contribution in [0.3, 0.4) is 0 Å². The molecular formula is C16H30N4. The lowest BCUT2D eigenvalue weighted by Crippen LogP contribution is -2.58. The van der Waals surface area contributed by atoms with E-state index >= 15 is 0 Å². The molecule has 1 fully saturated rings. The van der Waals surface area contributed by atoms with Gasteiger partial charge in [0.1, 0.15) is 5.82 Å². The molecule has 1 aromatic rings. The van der Waals surface area contributed by atoms with E-state index in [1.54, 1.807) is 0 Å². The first-order valence-electron chi connectivity index (χ1n) is 8.07. The maximum absolute atomic E-state index is 4.31. The fourth-order valence-corrected chi connectivity index (χ4v) is 3.23. The summed E-state index contributed by atoms with van der Waals surface area (Å²) in [6.07, 6.45) is 6.53. The largest absolute Gasteiger partial charge is 0.334 e. The Bertz CT molecular complexity index is 399. The number of imidazole rings is 1. The van der Waals surface area contributed by atoms with Crippen molar-refractivity contribution in [1.29, 1.82) is 0 Å². The van der Waals surface area contributed by atoms with Gasteiger partial charge in [0.05, 0.1) is 0 Å². The minimum atomic E-state index is 0.659. The van der Waals surface area contributed by atoms with Crippen LogP contribution >= 0.6 is 0 Å². The van der Waals surface area contributed by atoms with Crippen LogP contribution in [0, 0.1) is 12.8 Å². The van der Waals surface area contributed by atoms with Crippen LogP contribution in [-0.2, 0) is 6.54 Å². The Hall–Kier alpha value is -0.870. The standard InChI is InChI=1S/C16H30N4/c1-5-6-15-12-20(16(11-18-15)13(2)3)10-9-19-8-7-17-14(19)4/h7-8,13,15-16,18H,5-6,9-12H2,1-4H3. The molecule has 1 aliphatic rings. The van der Waals surface area contributed by atoms with Crippen molar-refractivity contribution in [3.05, 3.63) is 18.2 Å². The molecule has 0 radical (unpaired) electrons. The van der Waals surface area contributed by atoms with E-state index in [0.29, 0.717) is 18.0 Å². The fraction of sp³-hybridized carbons (Fsp3) is 0.812. The molecule has 1 aliphatic heterocycles. The Balaban J connectivity index is 1.94. The minimum Gasteiger partial charge on any atom is -0.334 e. The number of nitrogens with zero attached hydrogens (tertiary/aromatic N) is 3. The summed E-state index contributed by atoms with van der Waals surface area (Å²) in [4.78, 5) is 6.99. The summed E-state index contributed by atoms with van der Waals surface area (Å²) in [6.45, 7) is 13.5. The summed E-state index contributed by atoms with van der Waals surface area (Å²) in [7, 11) is 0. The second-order valence-corrected chi connectivity index (χ2v) is 6.37. The van der Waals surface area contributed by atoms with Crippen molar-refractivity contribution in [3.63, 3.8) is 0 Å². The van der Waals surface area contributed by atoms with Gasteiger partial charge in [-0.1, -0.05) is 27.2 Å². The van der Waals surface area contributed by atoms with Gasteiger partial charge in [-0.05, 0) is 19.3 Å². The van der Waals surface area contributed by atoms with Crippen LogP contribution in [0.2, 0.25) is 0 Å². The summed E-state index contributed by atoms with van der Waals surface area (Å²) < 4.78 is 2.26. The molecule has 20 heavy (non-hydrogen) atoms. The zero-order valence-electron chi connectivity index (χ0n) is 13.5. The van der Waals surface area contributed by atoms with Crippen molar-refractivity contribution < 1.29 is 0 Å². The second-order valence-electron chi connectivity index (χ2n) is 6.37. The number of aromatic nitrogens is 2. The number of hydrogen-bond donors (Lipinski definition) is 1. The van der Waals surface area contributed by atoms with Crippen LogP contribution in [0.5, 0.6) is 0 Å². The highest BCUT2D eigenvalue weighted by Gasteiger charge is 2.29. The molecule has 2 rings (SSSR count). The highest BCUT2D eigenvalue weighted by Crippen LogP contribution is 2.17. The number of nitrogens with one attached hydrogen (secondary N) is 1. The van der Waals surface area contributed by atoms with Gasteiger partial charge in [-0.3, -0.25) is 4.90 Å². The molecule has 2 atom stereocenters. The van der Waals surface area contributed by atoms with Crippen molar-refractivity contribution in [3.8, 4) is 0 Å². The third-order valence-corrected chi connectivity index (χ3v) is 4.50. The summed E-state index contributed by atoms with van der Waals surface area (Å²) in [5.74, 6) is 1.82. The topological polar surface area (TPSA) is 33.1 Å². The van der Waals surface area contributed by atoms with E-state index < -0.39 is 0 Å². The first kappa shape index (κ1) is 15.5. The van der Waals surface area contributed by atoms with E-state index in [2.05, 4.69) is 53.7 Å². The van der Waals surface area contributed by atoms with Crippen LogP contribution < -0.4 is 5.32 Å². The molecule has 1 saturated heterocycles. The number of hydrogen-bond acceptors (Lipinski definition) is 3. The predicted molar refractivity (Wildman–Crippen MR) is 83.9 cm³/mol. The fourth-order valence-electron chi connectivity index (χ4n) is 3.23. The van der Waals surface area contributed by atoms with Gasteiger partial charge in [0.15, 0.2) is 0 Å². The van der Waals surface area contributed by atoms with E-state index in [-0.39, 0.29) is 0 Å². The van der Waals surface area contributed by atoms with Crippen molar-refractivity contribution in [1.82, 2.24) is 19.8 Å². The van der Waals surface area contributed by atoms with E-state index in [0.717, 1.165) is 25.5 Å². The number of rotatable bonds is 6. The average Bonchev–Trinajstić information content (AvgIpc) is 2.82. The molecule has 2 heterocycles. The Morgan fingerprint density at radius 3 is 2.80 bits per heavy atom. The van der Waals surface area contributed by atoms with Gasteiger partial charge < -0.3 is 9.88 Å². The lowest BCUT2D eigenvalue weighted by Gasteiger charge is -2.42. The van der Waals surface area contributed by atoms with Crippen molar-refractivity contribution in [2.24, 2.45) is 5.92 Å². The second kappa shape index (κ2) is 7.23. The van der Waals surface area contributed by atoms with Crippen LogP contribution in [-0.4, -0.2) is 46.2 Å². The molecule has 0 spiro atoms. The van der Waals surface area contributed by atoms with Gasteiger partial charge in [0, 0.05) is 50.7 Å². The van der Waals surface area contributed by atoms with Crippen molar-refractivity contribution in [2.45, 2.75) is 59.2 Å². The van der Waals surface area contributed by atoms with E-state index in [1.807, 2.05) is 6.20 Å². The smallest absolute Gasteiger partial charge is 0.105 e. The van der Waals surface area contributed by atoms with E-state index in [1.165, 1.54) is 19.4 Å². The minimum absolute atomic E-state index is 0.659. The Kier molecular flexibility index (Phi) is 5.61. The summed E-state index contributed by atoms with van der Waals surface area (Å²) in [5.41, 5.74) is 0. The molecule has 1 N–H and O–H groups in total. The quantitative estimate of drug-likeness (QED) is 0.867. The Morgan fingerprint density at radius 2 is 2.20 bits per heavy atom. The zero-order valence-corrected chi connectivity index (χ0v) is 13.5. The molecule has 0 aliphatic carbocycles. The van der Waals surface area contributed by atoms with Gasteiger partial charge >= 0.3 is 0 Å². The Morgan fingerprint density at radius 1 is 1.40 bits per heavy atom. The normalized spacial score (nSPS) is 24.4. The first-order valence-corrected chi connectivity index (χ1v) is 8.07. The molecule has 0 aromatic carbocycles. The summed E-state index contributed by atoms with van der Waals surface area (Å²) in [6, 6.07) is 1.32. The van der Waals surface area contributed by atoms with Crippen molar-refractivity contribution >= 4 is 0 Å². The maximum Gasteiger partial charge on any atom is 0.105 e. The van der Waals surface area contributed by atoms with E-state index in [4.69, 9.17) is 0 Å². The molecule has 0 saturated carbocycles. The van der Waals surface area contributed by atoms with Crippen LogP contribution in [0.4, 0.5) is 0 Å².